The fourth-order valence-electron chi connectivity index (χ4n) is 3.50. The van der Waals surface area contributed by atoms with Crippen LogP contribution in [0, 0.1) is 0 Å². The lowest BCUT2D eigenvalue weighted by Gasteiger charge is -2.41. The number of amides is 1. The standard InChI is InChI=1S/C16H20N6O2/c1-2-3-13-12(7-17-10-18-13)16(23)21-5-4-15-14(8-21)22-11(9-24-15)6-19-20-22/h6-7,10,14-15H,2-5,8-9H2,1H3. The number of carbonyl (C=O) groups excluding carboxylic acids is 1. The summed E-state index contributed by atoms with van der Waals surface area (Å²) >= 11 is 0. The highest BCUT2D eigenvalue weighted by Crippen LogP contribution is 2.30. The Labute approximate surface area is 139 Å². The average molecular weight is 328 g/mol. The van der Waals surface area contributed by atoms with Crippen molar-refractivity contribution in [3.8, 4) is 0 Å². The fourth-order valence-corrected chi connectivity index (χ4v) is 3.50. The van der Waals surface area contributed by atoms with Crippen molar-refractivity contribution < 1.29 is 9.53 Å². The minimum atomic E-state index is -0.00950. The molecule has 2 aromatic rings. The van der Waals surface area contributed by atoms with Crippen LogP contribution >= 0.6 is 0 Å². The van der Waals surface area contributed by atoms with Gasteiger partial charge in [-0.2, -0.15) is 0 Å². The second-order valence-electron chi connectivity index (χ2n) is 6.26. The van der Waals surface area contributed by atoms with Crippen LogP contribution in [-0.4, -0.2) is 55.0 Å². The van der Waals surface area contributed by atoms with Gasteiger partial charge < -0.3 is 9.64 Å². The molecule has 2 aliphatic rings. The molecule has 2 aliphatic heterocycles. The zero-order valence-electron chi connectivity index (χ0n) is 13.6. The van der Waals surface area contributed by atoms with Gasteiger partial charge in [0.05, 0.1) is 41.9 Å². The van der Waals surface area contributed by atoms with Gasteiger partial charge in [-0.05, 0) is 12.8 Å². The summed E-state index contributed by atoms with van der Waals surface area (Å²) in [6.07, 6.45) is 7.46. The van der Waals surface area contributed by atoms with Crippen LogP contribution in [0.5, 0.6) is 0 Å². The first-order valence-corrected chi connectivity index (χ1v) is 8.36. The monoisotopic (exact) mass is 328 g/mol. The minimum Gasteiger partial charge on any atom is -0.370 e. The summed E-state index contributed by atoms with van der Waals surface area (Å²) in [6.45, 7) is 3.85. The molecule has 24 heavy (non-hydrogen) atoms. The molecule has 126 valence electrons. The van der Waals surface area contributed by atoms with E-state index in [4.69, 9.17) is 4.74 Å². The molecule has 2 unspecified atom stereocenters. The molecule has 4 rings (SSSR count). The van der Waals surface area contributed by atoms with E-state index in [0.717, 1.165) is 30.7 Å². The van der Waals surface area contributed by atoms with Crippen LogP contribution in [0.3, 0.4) is 0 Å². The summed E-state index contributed by atoms with van der Waals surface area (Å²) in [6, 6.07) is 0.0215. The molecular weight excluding hydrogens is 308 g/mol. The van der Waals surface area contributed by atoms with Crippen molar-refractivity contribution in [2.24, 2.45) is 0 Å². The molecular formula is C16H20N6O2. The molecule has 0 saturated carbocycles. The Balaban J connectivity index is 1.57. The van der Waals surface area contributed by atoms with Crippen LogP contribution < -0.4 is 0 Å². The Morgan fingerprint density at radius 1 is 1.42 bits per heavy atom. The topological polar surface area (TPSA) is 86.0 Å². The average Bonchev–Trinajstić information content (AvgIpc) is 3.11. The maximum Gasteiger partial charge on any atom is 0.257 e. The molecule has 8 nitrogen and oxygen atoms in total. The third kappa shape index (κ3) is 2.56. The smallest absolute Gasteiger partial charge is 0.257 e. The van der Waals surface area contributed by atoms with E-state index in [-0.39, 0.29) is 18.1 Å². The first-order chi connectivity index (χ1) is 11.8. The molecule has 8 heteroatoms. The van der Waals surface area contributed by atoms with Crippen molar-refractivity contribution in [1.82, 2.24) is 29.9 Å². The van der Waals surface area contributed by atoms with Gasteiger partial charge in [0, 0.05) is 19.3 Å². The van der Waals surface area contributed by atoms with Crippen LogP contribution in [0.4, 0.5) is 0 Å². The first-order valence-electron chi connectivity index (χ1n) is 8.36. The molecule has 1 fully saturated rings. The summed E-state index contributed by atoms with van der Waals surface area (Å²) in [5.41, 5.74) is 2.38. The number of hydrogen-bond acceptors (Lipinski definition) is 6. The molecule has 0 aliphatic carbocycles. The molecule has 0 bridgehead atoms. The van der Waals surface area contributed by atoms with Crippen molar-refractivity contribution in [3.63, 3.8) is 0 Å². The number of likely N-dealkylation sites (tertiary alicyclic amines) is 1. The highest BCUT2D eigenvalue weighted by Gasteiger charge is 2.38. The summed E-state index contributed by atoms with van der Waals surface area (Å²) in [5.74, 6) is -0.00950. The summed E-state index contributed by atoms with van der Waals surface area (Å²) < 4.78 is 7.80. The third-order valence-electron chi connectivity index (χ3n) is 4.73. The van der Waals surface area contributed by atoms with Crippen molar-refractivity contribution >= 4 is 5.91 Å². The molecule has 4 heterocycles. The normalized spacial score (nSPS) is 22.8. The highest BCUT2D eigenvalue weighted by molar-refractivity contribution is 5.95. The van der Waals surface area contributed by atoms with Gasteiger partial charge in [-0.3, -0.25) is 4.79 Å². The second kappa shape index (κ2) is 6.27. The minimum absolute atomic E-state index is 0.00950. The molecule has 2 atom stereocenters. The highest BCUT2D eigenvalue weighted by atomic mass is 16.5. The van der Waals surface area contributed by atoms with Crippen LogP contribution in [-0.2, 0) is 17.8 Å². The van der Waals surface area contributed by atoms with Gasteiger partial charge in [-0.15, -0.1) is 5.10 Å². The quantitative estimate of drug-likeness (QED) is 0.836. The van der Waals surface area contributed by atoms with Gasteiger partial charge in [0.15, 0.2) is 0 Å². The SMILES string of the molecule is CCCc1ncncc1C(=O)N1CCC2OCc3cnnn3C2C1. The van der Waals surface area contributed by atoms with E-state index in [0.29, 0.717) is 25.3 Å². The predicted octanol–water partition coefficient (Wildman–Crippen LogP) is 1.01. The van der Waals surface area contributed by atoms with E-state index in [1.54, 1.807) is 12.4 Å². The molecule has 1 saturated heterocycles. The van der Waals surface area contributed by atoms with Crippen LogP contribution in [0.15, 0.2) is 18.7 Å². The number of ether oxygens (including phenoxy) is 1. The number of aryl methyl sites for hydroxylation is 1. The Kier molecular flexibility index (Phi) is 3.97. The summed E-state index contributed by atoms with van der Waals surface area (Å²) in [5, 5.41) is 8.15. The Bertz CT molecular complexity index is 746. The molecule has 0 aromatic carbocycles. The van der Waals surface area contributed by atoms with E-state index in [9.17, 15) is 4.79 Å². The van der Waals surface area contributed by atoms with Gasteiger partial charge in [0.2, 0.25) is 0 Å². The van der Waals surface area contributed by atoms with E-state index in [1.165, 1.54) is 6.33 Å². The van der Waals surface area contributed by atoms with Gasteiger partial charge in [-0.1, -0.05) is 18.6 Å². The van der Waals surface area contributed by atoms with E-state index < -0.39 is 0 Å². The molecule has 1 amide bonds. The lowest BCUT2D eigenvalue weighted by molar-refractivity contribution is -0.0605. The van der Waals surface area contributed by atoms with Crippen LogP contribution in [0.1, 0.15) is 47.6 Å². The maximum absolute atomic E-state index is 13.0. The van der Waals surface area contributed by atoms with Crippen molar-refractivity contribution in [2.75, 3.05) is 13.1 Å². The fraction of sp³-hybridized carbons (Fsp3) is 0.562. The molecule has 0 N–H and O–H groups in total. The third-order valence-corrected chi connectivity index (χ3v) is 4.73. The van der Waals surface area contributed by atoms with E-state index in [1.807, 2.05) is 9.58 Å². The lowest BCUT2D eigenvalue weighted by Crippen LogP contribution is -2.50. The van der Waals surface area contributed by atoms with Crippen molar-refractivity contribution in [3.05, 3.63) is 35.7 Å². The molecule has 0 radical (unpaired) electrons. The second-order valence-corrected chi connectivity index (χ2v) is 6.26. The van der Waals surface area contributed by atoms with Gasteiger partial charge in [0.25, 0.3) is 5.91 Å². The van der Waals surface area contributed by atoms with Gasteiger partial charge in [0.1, 0.15) is 6.33 Å². The van der Waals surface area contributed by atoms with Crippen LogP contribution in [0.2, 0.25) is 0 Å². The van der Waals surface area contributed by atoms with Crippen LogP contribution in [0.25, 0.3) is 0 Å². The Morgan fingerprint density at radius 3 is 3.21 bits per heavy atom. The van der Waals surface area contributed by atoms with E-state index in [2.05, 4.69) is 27.2 Å². The van der Waals surface area contributed by atoms with Crippen molar-refractivity contribution in [2.45, 2.75) is 44.9 Å². The summed E-state index contributed by atoms with van der Waals surface area (Å²) in [7, 11) is 0. The van der Waals surface area contributed by atoms with Gasteiger partial charge in [-0.25, -0.2) is 14.6 Å². The number of carbonyl (C=O) groups is 1. The number of hydrogen-bond donors (Lipinski definition) is 0. The number of piperidine rings is 1. The van der Waals surface area contributed by atoms with Crippen molar-refractivity contribution in [1.29, 1.82) is 0 Å². The Hall–Kier alpha value is -2.35. The lowest BCUT2D eigenvalue weighted by atomic mass is 9.99. The predicted molar refractivity (Wildman–Crippen MR) is 84.2 cm³/mol. The number of rotatable bonds is 3. The maximum atomic E-state index is 13.0. The summed E-state index contributed by atoms with van der Waals surface area (Å²) in [4.78, 5) is 23.2. The number of aromatic nitrogens is 5. The Morgan fingerprint density at radius 2 is 2.33 bits per heavy atom. The zero-order valence-corrected chi connectivity index (χ0v) is 13.6. The molecule has 2 aromatic heterocycles. The van der Waals surface area contributed by atoms with Gasteiger partial charge >= 0.3 is 0 Å². The zero-order chi connectivity index (χ0) is 16.5. The number of fused-ring (bicyclic) bond motifs is 3. The molecule has 0 spiro atoms. The largest absolute Gasteiger partial charge is 0.370 e. The number of nitrogens with zero attached hydrogens (tertiary/aromatic N) is 6. The first kappa shape index (κ1) is 15.2. The van der Waals surface area contributed by atoms with E-state index >= 15 is 0 Å².